The topological polar surface area (TPSA) is 163 Å². The highest BCUT2D eigenvalue weighted by Gasteiger charge is 2.32. The van der Waals surface area contributed by atoms with Crippen molar-refractivity contribution in [2.75, 3.05) is 42.9 Å². The molecule has 2 fully saturated rings. The molecule has 8 rings (SSSR count). The Hall–Kier alpha value is -5.58. The van der Waals surface area contributed by atoms with Gasteiger partial charge in [-0.15, -0.1) is 0 Å². The number of hydrogen-bond donors (Lipinski definition) is 3. The Labute approximate surface area is 376 Å². The summed E-state index contributed by atoms with van der Waals surface area (Å²) < 4.78 is 61.6. The Kier molecular flexibility index (Phi) is 13.3. The number of aromatic amines is 1. The summed E-state index contributed by atoms with van der Waals surface area (Å²) in [5.74, 6) is -0.0500. The number of ether oxygens (including phenoxy) is 1. The van der Waals surface area contributed by atoms with Crippen LogP contribution in [-0.2, 0) is 10.0 Å². The van der Waals surface area contributed by atoms with E-state index in [4.69, 9.17) is 16.3 Å². The molecule has 0 unspecified atom stereocenters. The zero-order chi connectivity index (χ0) is 45.2. The van der Waals surface area contributed by atoms with Crippen molar-refractivity contribution in [2.45, 2.75) is 82.6 Å². The van der Waals surface area contributed by atoms with E-state index in [0.29, 0.717) is 43.2 Å². The lowest BCUT2D eigenvalue weighted by Gasteiger charge is -2.37. The quantitative estimate of drug-likeness (QED) is 0.0722. The highest BCUT2D eigenvalue weighted by molar-refractivity contribution is 7.90. The smallest absolute Gasteiger partial charge is 0.293 e. The predicted octanol–water partition coefficient (Wildman–Crippen LogP) is 10.4. The van der Waals surface area contributed by atoms with Crippen molar-refractivity contribution in [1.82, 2.24) is 19.6 Å². The van der Waals surface area contributed by atoms with Crippen molar-refractivity contribution < 1.29 is 31.7 Å². The Morgan fingerprint density at radius 3 is 2.48 bits per heavy atom. The molecule has 4 heterocycles. The second-order valence-electron chi connectivity index (χ2n) is 17.9. The Morgan fingerprint density at radius 1 is 1.02 bits per heavy atom. The van der Waals surface area contributed by atoms with Crippen LogP contribution in [0.1, 0.15) is 81.1 Å². The fourth-order valence-electron chi connectivity index (χ4n) is 9.20. The van der Waals surface area contributed by atoms with Gasteiger partial charge in [0.05, 0.1) is 28.1 Å². The molecule has 3 N–H and O–H groups in total. The van der Waals surface area contributed by atoms with Crippen LogP contribution in [0.15, 0.2) is 95.7 Å². The molecule has 64 heavy (non-hydrogen) atoms. The number of fused-ring (bicyclic) bond motifs is 1. The van der Waals surface area contributed by atoms with Crippen LogP contribution in [0.5, 0.6) is 11.5 Å². The number of nitrogens with one attached hydrogen (secondary N) is 3. The van der Waals surface area contributed by atoms with Gasteiger partial charge in [-0.1, -0.05) is 43.2 Å². The summed E-state index contributed by atoms with van der Waals surface area (Å²) in [7, 11) is -4.62. The summed E-state index contributed by atoms with van der Waals surface area (Å²) >= 11 is 6.24. The second kappa shape index (κ2) is 18.9. The van der Waals surface area contributed by atoms with Gasteiger partial charge >= 0.3 is 0 Å². The summed E-state index contributed by atoms with van der Waals surface area (Å²) in [6.07, 6.45) is 7.95. The van der Waals surface area contributed by atoms with E-state index >= 15 is 0 Å². The molecule has 1 aliphatic carbocycles. The molecule has 0 bridgehead atoms. The highest BCUT2D eigenvalue weighted by Crippen LogP contribution is 2.46. The van der Waals surface area contributed by atoms with Gasteiger partial charge in [0.25, 0.3) is 28.0 Å². The first kappa shape index (κ1) is 45.0. The van der Waals surface area contributed by atoms with Gasteiger partial charge in [-0.3, -0.25) is 19.8 Å². The van der Waals surface area contributed by atoms with Crippen molar-refractivity contribution in [1.29, 1.82) is 0 Å². The first-order valence-corrected chi connectivity index (χ1v) is 23.5. The van der Waals surface area contributed by atoms with Gasteiger partial charge in [0.15, 0.2) is 0 Å². The number of piperidine rings is 2. The van der Waals surface area contributed by atoms with E-state index in [0.717, 1.165) is 73.8 Å². The predicted molar refractivity (Wildman–Crippen MR) is 245 cm³/mol. The molecule has 13 nitrogen and oxygen atoms in total. The number of anilines is 2. The molecule has 0 atom stereocenters. The minimum Gasteiger partial charge on any atom is -0.455 e. The number of H-pyrrole nitrogens is 1. The summed E-state index contributed by atoms with van der Waals surface area (Å²) in [6, 6.07) is 19.9. The highest BCUT2D eigenvalue weighted by atomic mass is 35.5. The molecule has 1 amide bonds. The molecule has 2 aliphatic heterocycles. The molecule has 0 spiro atoms. The number of rotatable bonds is 14. The molecular weight excluding hydrogens is 864 g/mol. The molecule has 0 radical (unpaired) electrons. The standard InChI is InChI=1S/C47H52ClF2N7O6S/c1-47(2)17-11-32(40(27-47)31-3-5-34(48)6-4-31)23-30-13-21-56(22-14-30)36-7-9-39(43(25-36)63-37-24-33-12-18-51-45(33)52-28-37)46(58)54-64(61,62)38-8-10-41(42(26-38)57(59)60)53-35-15-19-55(20-16-35)29-44(49)50/h3-10,12,18,24-26,28,30,35,44,53H,11,13-17,19-23,27,29H2,1-2H3,(H,51,52)(H,54,58). The summed E-state index contributed by atoms with van der Waals surface area (Å²) in [5.41, 5.74) is 5.41. The van der Waals surface area contributed by atoms with Gasteiger partial charge in [-0.25, -0.2) is 26.9 Å². The van der Waals surface area contributed by atoms with Crippen molar-refractivity contribution in [3.8, 4) is 11.5 Å². The lowest BCUT2D eigenvalue weighted by atomic mass is 9.70. The van der Waals surface area contributed by atoms with Crippen LogP contribution in [-0.4, -0.2) is 79.3 Å². The average Bonchev–Trinajstić information content (AvgIpc) is 3.73. The monoisotopic (exact) mass is 915 g/mol. The number of nitro groups is 1. The van der Waals surface area contributed by atoms with Crippen LogP contribution in [0.3, 0.4) is 0 Å². The third-order valence-corrected chi connectivity index (χ3v) is 14.3. The Bertz CT molecular complexity index is 2660. The summed E-state index contributed by atoms with van der Waals surface area (Å²) in [5, 5.41) is 16.8. The van der Waals surface area contributed by atoms with Crippen LogP contribution < -0.4 is 19.7 Å². The first-order valence-electron chi connectivity index (χ1n) is 21.7. The zero-order valence-electron chi connectivity index (χ0n) is 35.8. The number of carbonyl (C=O) groups is 1. The van der Waals surface area contributed by atoms with Crippen LogP contribution in [0.25, 0.3) is 16.6 Å². The first-order chi connectivity index (χ1) is 30.6. The lowest BCUT2D eigenvalue weighted by Crippen LogP contribution is -2.41. The van der Waals surface area contributed by atoms with Gasteiger partial charge in [-0.2, -0.15) is 0 Å². The lowest BCUT2D eigenvalue weighted by molar-refractivity contribution is -0.384. The molecule has 2 saturated heterocycles. The largest absolute Gasteiger partial charge is 0.455 e. The van der Waals surface area contributed by atoms with E-state index in [1.54, 1.807) is 29.3 Å². The molecule has 17 heteroatoms. The number of nitrogens with zero attached hydrogens (tertiary/aromatic N) is 4. The molecule has 2 aromatic heterocycles. The number of likely N-dealkylation sites (tertiary alicyclic amines) is 1. The number of allylic oxidation sites excluding steroid dienone is 2. The number of amides is 1. The van der Waals surface area contributed by atoms with Gasteiger partial charge in [0.1, 0.15) is 22.8 Å². The SMILES string of the molecule is CC1(C)CCC(CC2CCN(c3ccc(C(=O)NS(=O)(=O)c4ccc(NC5CCN(CC(F)F)CC5)c([N+](=O)[O-])c4)c(Oc4cnc5[nH]ccc5c4)c3)CC2)=C(c2ccc(Cl)cc2)C1. The van der Waals surface area contributed by atoms with Gasteiger partial charge < -0.3 is 19.9 Å². The molecular formula is C47H52ClF2N7O6S. The summed E-state index contributed by atoms with van der Waals surface area (Å²) in [6.45, 7) is 6.66. The van der Waals surface area contributed by atoms with Crippen LogP contribution in [0.4, 0.5) is 25.8 Å². The maximum absolute atomic E-state index is 14.0. The normalized spacial score (nSPS) is 17.8. The van der Waals surface area contributed by atoms with Crippen molar-refractivity contribution >= 4 is 61.2 Å². The van der Waals surface area contributed by atoms with E-state index in [9.17, 15) is 32.1 Å². The third-order valence-electron chi connectivity index (χ3n) is 12.8. The van der Waals surface area contributed by atoms with Gasteiger partial charge in [0, 0.05) is 66.6 Å². The number of aromatic nitrogens is 2. The third kappa shape index (κ3) is 10.7. The Balaban J connectivity index is 0.991. The maximum Gasteiger partial charge on any atom is 0.293 e. The van der Waals surface area contributed by atoms with Crippen LogP contribution in [0, 0.1) is 21.4 Å². The van der Waals surface area contributed by atoms with E-state index < -0.39 is 37.9 Å². The molecule has 0 saturated carbocycles. The minimum absolute atomic E-state index is 0.0655. The number of hydrogen-bond acceptors (Lipinski definition) is 10. The van der Waals surface area contributed by atoms with E-state index in [-0.39, 0.29) is 35.0 Å². The number of nitro benzene ring substituents is 1. The number of carbonyl (C=O) groups excluding carboxylic acids is 1. The number of sulfonamides is 1. The zero-order valence-corrected chi connectivity index (χ0v) is 37.4. The van der Waals surface area contributed by atoms with Crippen LogP contribution >= 0.6 is 11.6 Å². The van der Waals surface area contributed by atoms with Crippen molar-refractivity contribution in [3.05, 3.63) is 117 Å². The number of pyridine rings is 1. The number of benzene rings is 3. The maximum atomic E-state index is 14.0. The van der Waals surface area contributed by atoms with E-state index in [1.165, 1.54) is 41.1 Å². The van der Waals surface area contributed by atoms with Gasteiger partial charge in [0.2, 0.25) is 0 Å². The van der Waals surface area contributed by atoms with Gasteiger partial charge in [-0.05, 0) is 122 Å². The van der Waals surface area contributed by atoms with Crippen LogP contribution in [0.2, 0.25) is 5.02 Å². The second-order valence-corrected chi connectivity index (χ2v) is 20.0. The average molecular weight is 916 g/mol. The number of alkyl halides is 2. The van der Waals surface area contributed by atoms with Crippen molar-refractivity contribution in [2.24, 2.45) is 11.3 Å². The number of halogens is 3. The fourth-order valence-corrected chi connectivity index (χ4v) is 10.3. The fraction of sp³-hybridized carbons (Fsp3) is 0.404. The van der Waals surface area contributed by atoms with E-state index in [2.05, 4.69) is 50.9 Å². The minimum atomic E-state index is -4.62. The molecule has 3 aliphatic rings. The Morgan fingerprint density at radius 2 is 1.77 bits per heavy atom. The van der Waals surface area contributed by atoms with E-state index in [1.807, 2.05) is 18.2 Å². The van der Waals surface area contributed by atoms with Crippen molar-refractivity contribution in [3.63, 3.8) is 0 Å². The molecule has 3 aromatic carbocycles. The molecule has 5 aromatic rings. The molecule has 338 valence electrons. The summed E-state index contributed by atoms with van der Waals surface area (Å²) in [4.78, 5) is 36.3.